The second-order valence-electron chi connectivity index (χ2n) is 3.92. The molecule has 78 valence electrons. The van der Waals surface area contributed by atoms with Gasteiger partial charge < -0.3 is 4.74 Å². The number of halogens is 1. The minimum atomic E-state index is -3.60. The largest absolute Gasteiger partial charge is 0.370 e. The van der Waals surface area contributed by atoms with Gasteiger partial charge in [0, 0.05) is 23.8 Å². The Balaban J connectivity index is 2.81. The van der Waals surface area contributed by atoms with Crippen molar-refractivity contribution in [2.45, 2.75) is 32.5 Å². The zero-order valence-electron chi connectivity index (χ0n) is 7.95. The topological polar surface area (TPSA) is 46.6 Å². The summed E-state index contributed by atoms with van der Waals surface area (Å²) in [5, 5.41) is 0. The van der Waals surface area contributed by atoms with Crippen LogP contribution < -0.4 is 0 Å². The van der Waals surface area contributed by atoms with Gasteiger partial charge in [0.15, 0.2) is 0 Å². The minimum absolute atomic E-state index is 0.114. The fraction of sp³-hybridized carbons (Fsp3) is 1.00. The molecule has 0 spiro atoms. The number of nitrogens with zero attached hydrogens (tertiary/aromatic N) is 1. The molecular formula is C7H14ClNO3S. The lowest BCUT2D eigenvalue weighted by molar-refractivity contribution is -0.108. The first-order chi connectivity index (χ1) is 5.71. The molecule has 0 aromatic rings. The molecule has 1 aliphatic rings. The van der Waals surface area contributed by atoms with E-state index in [9.17, 15) is 8.42 Å². The lowest BCUT2D eigenvalue weighted by atomic mass is 10.1. The summed E-state index contributed by atoms with van der Waals surface area (Å²) in [5.41, 5.74) is -0.459. The standard InChI is InChI=1S/C7H14ClNO3S/c1-6-4-9(13(8,10)11)5-7(2,3)12-6/h6H,4-5H2,1-3H3. The van der Waals surface area contributed by atoms with Crippen molar-refractivity contribution in [3.63, 3.8) is 0 Å². The quantitative estimate of drug-likeness (QED) is 0.628. The average Bonchev–Trinajstić information content (AvgIpc) is 1.79. The molecule has 1 atom stereocenters. The van der Waals surface area contributed by atoms with Crippen molar-refractivity contribution in [3.05, 3.63) is 0 Å². The molecule has 1 rings (SSSR count). The summed E-state index contributed by atoms with van der Waals surface area (Å²) in [6.45, 7) is 6.16. The van der Waals surface area contributed by atoms with Gasteiger partial charge in [-0.2, -0.15) is 12.7 Å². The predicted octanol–water partition coefficient (Wildman–Crippen LogP) is 0.969. The van der Waals surface area contributed by atoms with Gasteiger partial charge in [-0.05, 0) is 20.8 Å². The first-order valence-corrected chi connectivity index (χ1v) is 6.35. The van der Waals surface area contributed by atoms with Crippen molar-refractivity contribution in [2.75, 3.05) is 13.1 Å². The predicted molar refractivity (Wildman–Crippen MR) is 51.0 cm³/mol. The third-order valence-electron chi connectivity index (χ3n) is 1.85. The molecule has 1 aliphatic heterocycles. The van der Waals surface area contributed by atoms with Crippen LogP contribution in [0.25, 0.3) is 0 Å². The zero-order chi connectivity index (χ0) is 10.3. The lowest BCUT2D eigenvalue weighted by Gasteiger charge is -2.39. The SMILES string of the molecule is CC1CN(S(=O)(=O)Cl)CC(C)(C)O1. The summed E-state index contributed by atoms with van der Waals surface area (Å²) < 4.78 is 28.9. The normalized spacial score (nSPS) is 30.3. The van der Waals surface area contributed by atoms with E-state index in [1.165, 1.54) is 4.31 Å². The van der Waals surface area contributed by atoms with E-state index in [4.69, 9.17) is 15.4 Å². The Morgan fingerprint density at radius 3 is 2.46 bits per heavy atom. The number of hydrogen-bond donors (Lipinski definition) is 0. The summed E-state index contributed by atoms with van der Waals surface area (Å²) in [5.74, 6) is 0. The number of hydrogen-bond acceptors (Lipinski definition) is 3. The van der Waals surface area contributed by atoms with Crippen molar-refractivity contribution in [1.29, 1.82) is 0 Å². The molecule has 13 heavy (non-hydrogen) atoms. The van der Waals surface area contributed by atoms with E-state index in [0.717, 1.165) is 0 Å². The summed E-state index contributed by atoms with van der Waals surface area (Å²) in [6.07, 6.45) is -0.114. The Hall–Kier alpha value is 0.160. The highest BCUT2D eigenvalue weighted by atomic mass is 35.7. The van der Waals surface area contributed by atoms with E-state index in [-0.39, 0.29) is 6.10 Å². The van der Waals surface area contributed by atoms with Gasteiger partial charge in [0.2, 0.25) is 0 Å². The van der Waals surface area contributed by atoms with Gasteiger partial charge in [-0.15, -0.1) is 0 Å². The lowest BCUT2D eigenvalue weighted by Crippen LogP contribution is -2.52. The van der Waals surface area contributed by atoms with E-state index in [1.807, 2.05) is 20.8 Å². The Kier molecular flexibility index (Phi) is 2.92. The van der Waals surface area contributed by atoms with Crippen molar-refractivity contribution < 1.29 is 13.2 Å². The number of rotatable bonds is 1. The van der Waals surface area contributed by atoms with Gasteiger partial charge in [0.05, 0.1) is 11.7 Å². The van der Waals surface area contributed by atoms with Gasteiger partial charge in [-0.3, -0.25) is 0 Å². The molecule has 1 unspecified atom stereocenters. The molecule has 6 heteroatoms. The second kappa shape index (κ2) is 3.38. The fourth-order valence-electron chi connectivity index (χ4n) is 1.56. The molecule has 0 bridgehead atoms. The maximum absolute atomic E-state index is 11.1. The molecule has 1 heterocycles. The smallest absolute Gasteiger partial charge is 0.299 e. The molecule has 0 saturated carbocycles. The Morgan fingerprint density at radius 1 is 1.54 bits per heavy atom. The Labute approximate surface area is 83.4 Å². The van der Waals surface area contributed by atoms with Crippen LogP contribution >= 0.6 is 10.7 Å². The maximum atomic E-state index is 11.1. The molecule has 0 aromatic carbocycles. The molecular weight excluding hydrogens is 214 g/mol. The van der Waals surface area contributed by atoms with E-state index in [0.29, 0.717) is 13.1 Å². The molecule has 0 radical (unpaired) electrons. The van der Waals surface area contributed by atoms with Gasteiger partial charge in [-0.25, -0.2) is 0 Å². The number of morpholine rings is 1. The summed E-state index contributed by atoms with van der Waals surface area (Å²) in [7, 11) is 1.64. The summed E-state index contributed by atoms with van der Waals surface area (Å²) in [6, 6.07) is 0. The van der Waals surface area contributed by atoms with Gasteiger partial charge in [0.25, 0.3) is 9.24 Å². The fourth-order valence-corrected chi connectivity index (χ4v) is 2.73. The highest BCUT2D eigenvalue weighted by Crippen LogP contribution is 2.23. The van der Waals surface area contributed by atoms with Gasteiger partial charge in [0.1, 0.15) is 0 Å². The van der Waals surface area contributed by atoms with Crippen molar-refractivity contribution in [3.8, 4) is 0 Å². The maximum Gasteiger partial charge on any atom is 0.299 e. The number of ether oxygens (including phenoxy) is 1. The summed E-state index contributed by atoms with van der Waals surface area (Å²) in [4.78, 5) is 0. The highest BCUT2D eigenvalue weighted by Gasteiger charge is 2.36. The third-order valence-corrected chi connectivity index (χ3v) is 3.33. The first-order valence-electron chi connectivity index (χ1n) is 4.08. The zero-order valence-corrected chi connectivity index (χ0v) is 9.52. The molecule has 1 fully saturated rings. The van der Waals surface area contributed by atoms with Crippen LogP contribution in [0.4, 0.5) is 0 Å². The third kappa shape index (κ3) is 3.09. The van der Waals surface area contributed by atoms with Crippen molar-refractivity contribution in [1.82, 2.24) is 4.31 Å². The van der Waals surface area contributed by atoms with Crippen LogP contribution in [0.1, 0.15) is 20.8 Å². The molecule has 4 nitrogen and oxygen atoms in total. The van der Waals surface area contributed by atoms with E-state index >= 15 is 0 Å². The monoisotopic (exact) mass is 227 g/mol. The molecule has 0 aromatic heterocycles. The van der Waals surface area contributed by atoms with E-state index in [1.54, 1.807) is 0 Å². The highest BCUT2D eigenvalue weighted by molar-refractivity contribution is 8.11. The Morgan fingerprint density at radius 2 is 2.08 bits per heavy atom. The van der Waals surface area contributed by atoms with E-state index in [2.05, 4.69) is 0 Å². The van der Waals surface area contributed by atoms with Crippen molar-refractivity contribution >= 4 is 19.9 Å². The first kappa shape index (κ1) is 11.2. The van der Waals surface area contributed by atoms with Crippen LogP contribution in [0.5, 0.6) is 0 Å². The van der Waals surface area contributed by atoms with Crippen LogP contribution in [0.3, 0.4) is 0 Å². The molecule has 0 N–H and O–H groups in total. The molecule has 0 amide bonds. The molecule has 0 aliphatic carbocycles. The van der Waals surface area contributed by atoms with Crippen LogP contribution in [0.2, 0.25) is 0 Å². The second-order valence-corrected chi connectivity index (χ2v) is 6.43. The Bertz CT molecular complexity index is 288. The van der Waals surface area contributed by atoms with Crippen LogP contribution in [0.15, 0.2) is 0 Å². The van der Waals surface area contributed by atoms with Crippen LogP contribution in [-0.4, -0.2) is 37.5 Å². The van der Waals surface area contributed by atoms with Gasteiger partial charge >= 0.3 is 0 Å². The van der Waals surface area contributed by atoms with E-state index < -0.39 is 14.8 Å². The average molecular weight is 228 g/mol. The van der Waals surface area contributed by atoms with Gasteiger partial charge in [-0.1, -0.05) is 0 Å². The minimum Gasteiger partial charge on any atom is -0.370 e. The van der Waals surface area contributed by atoms with Crippen LogP contribution in [0, 0.1) is 0 Å². The summed E-state index contributed by atoms with van der Waals surface area (Å²) >= 11 is 0. The van der Waals surface area contributed by atoms with Crippen LogP contribution in [-0.2, 0) is 14.0 Å². The van der Waals surface area contributed by atoms with Crippen molar-refractivity contribution in [2.24, 2.45) is 0 Å². The molecule has 1 saturated heterocycles.